The number of primary amides is 1. The van der Waals surface area contributed by atoms with Crippen molar-refractivity contribution in [3.8, 4) is 46.6 Å². The lowest BCUT2D eigenvalue weighted by Crippen LogP contribution is -2.15. The highest BCUT2D eigenvalue weighted by Crippen LogP contribution is 2.31. The molecule has 0 radical (unpaired) electrons. The fourth-order valence-electron chi connectivity index (χ4n) is 3.17. The van der Waals surface area contributed by atoms with Gasteiger partial charge in [0.25, 0.3) is 5.91 Å². The highest BCUT2D eigenvalue weighted by molar-refractivity contribution is 6.01. The Bertz CT molecular complexity index is 1340. The predicted octanol–water partition coefficient (Wildman–Crippen LogP) is 2.70. The van der Waals surface area contributed by atoms with E-state index >= 15 is 0 Å². The molecule has 0 spiro atoms. The minimum Gasteiger partial charge on any atom is -0.497 e. The molecule has 0 saturated carbocycles. The Labute approximate surface area is 232 Å². The molecule has 0 heterocycles. The lowest BCUT2D eigenvalue weighted by atomic mass is 10.1. The molecule has 0 aliphatic carbocycles. The quantitative estimate of drug-likeness (QED) is 0.310. The molecule has 13 heteroatoms. The van der Waals surface area contributed by atoms with Gasteiger partial charge in [-0.3, -0.25) is 4.79 Å². The topological polar surface area (TPSA) is 224 Å². The van der Waals surface area contributed by atoms with Crippen LogP contribution in [-0.2, 0) is 0 Å². The first-order valence-corrected chi connectivity index (χ1v) is 11.2. The number of nitrogen functional groups attached to an aromatic ring is 3. The van der Waals surface area contributed by atoms with Crippen molar-refractivity contribution in [1.82, 2.24) is 0 Å². The number of benzene rings is 3. The number of nitriles is 2. The molecule has 40 heavy (non-hydrogen) atoms. The normalized spacial score (nSPS) is 9.20. The number of amides is 1. The highest BCUT2D eigenvalue weighted by Gasteiger charge is 2.15. The van der Waals surface area contributed by atoms with Crippen molar-refractivity contribution >= 4 is 23.0 Å². The van der Waals surface area contributed by atoms with Crippen molar-refractivity contribution in [3.63, 3.8) is 0 Å². The van der Waals surface area contributed by atoms with Crippen LogP contribution >= 0.6 is 0 Å². The van der Waals surface area contributed by atoms with Gasteiger partial charge in [0.2, 0.25) is 0 Å². The molecular weight excluding hydrogens is 520 g/mol. The molecule has 3 aromatic rings. The molecule has 0 aliphatic heterocycles. The van der Waals surface area contributed by atoms with Gasteiger partial charge in [-0.05, 0) is 0 Å². The van der Waals surface area contributed by atoms with Crippen LogP contribution in [0.25, 0.3) is 0 Å². The molecular formula is C27H32N6O7. The van der Waals surface area contributed by atoms with Crippen LogP contribution in [-0.4, -0.2) is 48.6 Å². The molecule has 0 aliphatic rings. The van der Waals surface area contributed by atoms with Gasteiger partial charge in [-0.1, -0.05) is 0 Å². The summed E-state index contributed by atoms with van der Waals surface area (Å²) in [6, 6.07) is 13.4. The van der Waals surface area contributed by atoms with Crippen LogP contribution in [0.5, 0.6) is 34.5 Å². The summed E-state index contributed by atoms with van der Waals surface area (Å²) < 4.78 is 29.8. The molecule has 3 rings (SSSR count). The van der Waals surface area contributed by atoms with E-state index in [0.717, 1.165) is 0 Å². The van der Waals surface area contributed by atoms with Crippen LogP contribution < -0.4 is 51.4 Å². The summed E-state index contributed by atoms with van der Waals surface area (Å²) in [5.41, 5.74) is 23.8. The fourth-order valence-corrected chi connectivity index (χ4v) is 3.17. The van der Waals surface area contributed by atoms with Crippen LogP contribution in [0.1, 0.15) is 21.5 Å². The number of methoxy groups -OCH3 is 6. The molecule has 0 atom stereocenters. The third-order valence-corrected chi connectivity index (χ3v) is 5.16. The minimum absolute atomic E-state index is 0.174. The van der Waals surface area contributed by atoms with E-state index in [0.29, 0.717) is 57.0 Å². The van der Waals surface area contributed by atoms with Gasteiger partial charge in [-0.15, -0.1) is 0 Å². The second-order valence-corrected chi connectivity index (χ2v) is 7.47. The number of rotatable bonds is 7. The molecule has 0 fully saturated rings. The van der Waals surface area contributed by atoms with Crippen LogP contribution in [0.15, 0.2) is 36.4 Å². The average Bonchev–Trinajstić information content (AvgIpc) is 2.95. The largest absolute Gasteiger partial charge is 0.497 e. The molecule has 212 valence electrons. The van der Waals surface area contributed by atoms with E-state index in [9.17, 15) is 4.79 Å². The molecule has 0 saturated heterocycles. The maximum Gasteiger partial charge on any atom is 0.254 e. The number of nitrogens with zero attached hydrogens (tertiary/aromatic N) is 2. The number of carbonyl (C=O) groups excluding carboxylic acids is 1. The van der Waals surface area contributed by atoms with Gasteiger partial charge >= 0.3 is 0 Å². The lowest BCUT2D eigenvalue weighted by molar-refractivity contribution is 0.0998. The Balaban J connectivity index is 0.000000300. The van der Waals surface area contributed by atoms with Gasteiger partial charge in [0, 0.05) is 36.4 Å². The van der Waals surface area contributed by atoms with Crippen molar-refractivity contribution in [1.29, 1.82) is 10.5 Å². The number of carbonyl (C=O) groups is 1. The maximum atomic E-state index is 11.0. The third kappa shape index (κ3) is 8.16. The summed E-state index contributed by atoms with van der Waals surface area (Å²) in [4.78, 5) is 11.0. The number of hydrogen-bond donors (Lipinski definition) is 4. The Morgan fingerprint density at radius 2 is 0.900 bits per heavy atom. The van der Waals surface area contributed by atoms with Crippen LogP contribution in [0.2, 0.25) is 0 Å². The molecule has 0 unspecified atom stereocenters. The van der Waals surface area contributed by atoms with Crippen LogP contribution in [0, 0.1) is 22.7 Å². The fraction of sp³-hybridized carbons (Fsp3) is 0.222. The maximum absolute atomic E-state index is 11.0. The van der Waals surface area contributed by atoms with Crippen molar-refractivity contribution in [2.24, 2.45) is 5.73 Å². The van der Waals surface area contributed by atoms with Crippen molar-refractivity contribution < 1.29 is 33.2 Å². The van der Waals surface area contributed by atoms with Gasteiger partial charge in [-0.25, -0.2) is 0 Å². The summed E-state index contributed by atoms with van der Waals surface area (Å²) >= 11 is 0. The highest BCUT2D eigenvalue weighted by atomic mass is 16.5. The first-order valence-electron chi connectivity index (χ1n) is 11.2. The molecule has 0 bridgehead atoms. The molecule has 3 aromatic carbocycles. The summed E-state index contributed by atoms with van der Waals surface area (Å²) in [5, 5.41) is 17.5. The number of nitrogens with two attached hydrogens (primary N) is 4. The van der Waals surface area contributed by atoms with E-state index in [1.54, 1.807) is 30.3 Å². The zero-order valence-electron chi connectivity index (χ0n) is 23.0. The zero-order valence-corrected chi connectivity index (χ0v) is 23.0. The summed E-state index contributed by atoms with van der Waals surface area (Å²) in [6.07, 6.45) is 0. The monoisotopic (exact) mass is 552 g/mol. The first-order chi connectivity index (χ1) is 19.0. The number of ether oxygens (including phenoxy) is 6. The number of anilines is 3. The van der Waals surface area contributed by atoms with Gasteiger partial charge in [0.1, 0.15) is 63.3 Å². The first kappa shape index (κ1) is 32.3. The van der Waals surface area contributed by atoms with E-state index in [1.807, 2.05) is 12.1 Å². The van der Waals surface area contributed by atoms with Gasteiger partial charge < -0.3 is 51.4 Å². The smallest absolute Gasteiger partial charge is 0.254 e. The predicted molar refractivity (Wildman–Crippen MR) is 150 cm³/mol. The Kier molecular flexibility index (Phi) is 12.6. The van der Waals surface area contributed by atoms with E-state index in [-0.39, 0.29) is 11.3 Å². The Hall–Kier alpha value is -5.69. The summed E-state index contributed by atoms with van der Waals surface area (Å²) in [7, 11) is 8.95. The van der Waals surface area contributed by atoms with Crippen LogP contribution in [0.4, 0.5) is 17.1 Å². The van der Waals surface area contributed by atoms with Crippen molar-refractivity contribution in [3.05, 3.63) is 53.1 Å². The zero-order chi connectivity index (χ0) is 30.4. The van der Waals surface area contributed by atoms with Crippen LogP contribution in [0.3, 0.4) is 0 Å². The van der Waals surface area contributed by atoms with Crippen molar-refractivity contribution in [2.45, 2.75) is 0 Å². The molecule has 13 nitrogen and oxygen atoms in total. The molecule has 0 aromatic heterocycles. The van der Waals surface area contributed by atoms with E-state index < -0.39 is 5.91 Å². The van der Waals surface area contributed by atoms with Gasteiger partial charge in [0.15, 0.2) is 0 Å². The summed E-state index contributed by atoms with van der Waals surface area (Å²) in [5.74, 6) is 2.22. The standard InChI is InChI=1S/C9H12N2O3.2C9H10N2O2/c1-13-5-3-6(10)8(9(11)12)7(4-5)14-2;2*1-12-6-3-8(11)7(5-10)9(4-6)13-2/h3-4H,10H2,1-2H3,(H2,11,12);2*3-4H,11H2,1-2H3. The summed E-state index contributed by atoms with van der Waals surface area (Å²) in [6.45, 7) is 0. The Morgan fingerprint density at radius 1 is 0.575 bits per heavy atom. The van der Waals surface area contributed by atoms with E-state index in [4.69, 9.17) is 61.9 Å². The minimum atomic E-state index is -0.623. The second kappa shape index (κ2) is 15.5. The second-order valence-electron chi connectivity index (χ2n) is 7.47. The number of hydrogen-bond acceptors (Lipinski definition) is 12. The van der Waals surface area contributed by atoms with E-state index in [2.05, 4.69) is 0 Å². The molecule has 8 N–H and O–H groups in total. The average molecular weight is 553 g/mol. The molecule has 1 amide bonds. The van der Waals surface area contributed by atoms with Gasteiger partial charge in [-0.2, -0.15) is 10.5 Å². The van der Waals surface area contributed by atoms with Crippen molar-refractivity contribution in [2.75, 3.05) is 59.9 Å². The van der Waals surface area contributed by atoms with E-state index in [1.165, 1.54) is 48.7 Å². The third-order valence-electron chi connectivity index (χ3n) is 5.16. The van der Waals surface area contributed by atoms with Gasteiger partial charge in [0.05, 0.1) is 59.7 Å². The SMILES string of the molecule is COc1cc(N)c(C#N)c(OC)c1.COc1cc(N)c(C#N)c(OC)c1.COc1cc(N)c(C(N)=O)c(OC)c1. The Morgan fingerprint density at radius 3 is 1.18 bits per heavy atom. The lowest BCUT2D eigenvalue weighted by Gasteiger charge is -2.10.